The van der Waals surface area contributed by atoms with Gasteiger partial charge in [-0.25, -0.2) is 0 Å². The number of halogens is 3. The van der Waals surface area contributed by atoms with Gasteiger partial charge in [0.1, 0.15) is 0 Å². The third kappa shape index (κ3) is 3.22. The van der Waals surface area contributed by atoms with E-state index in [-0.39, 0.29) is 0 Å². The topological polar surface area (TPSA) is 52.0 Å². The largest absolute Gasteiger partial charge is 0.402 e. The van der Waals surface area contributed by atoms with Gasteiger partial charge in [0, 0.05) is 11.4 Å². The van der Waals surface area contributed by atoms with E-state index in [1.165, 1.54) is 12.2 Å². The Morgan fingerprint density at radius 3 is 1.47 bits per heavy atom. The van der Waals surface area contributed by atoms with Crippen molar-refractivity contribution in [2.45, 2.75) is 31.9 Å². The molecular formula is C14H17F3N2. The van der Waals surface area contributed by atoms with E-state index in [0.29, 0.717) is 48.2 Å². The monoisotopic (exact) mass is 270 g/mol. The van der Waals surface area contributed by atoms with Crippen molar-refractivity contribution in [2.24, 2.45) is 17.4 Å². The third-order valence-corrected chi connectivity index (χ3v) is 3.50. The summed E-state index contributed by atoms with van der Waals surface area (Å²) in [6, 6.07) is 0. The first kappa shape index (κ1) is 13.8. The molecule has 0 aromatic heterocycles. The van der Waals surface area contributed by atoms with Crippen molar-refractivity contribution in [1.29, 1.82) is 0 Å². The lowest BCUT2D eigenvalue weighted by Crippen LogP contribution is -2.28. The van der Waals surface area contributed by atoms with Gasteiger partial charge in [-0.1, -0.05) is 23.3 Å². The highest BCUT2D eigenvalue weighted by molar-refractivity contribution is 5.35. The third-order valence-electron chi connectivity index (χ3n) is 3.50. The Bertz CT molecular complexity index is 443. The van der Waals surface area contributed by atoms with Gasteiger partial charge in [-0.2, -0.15) is 13.2 Å². The average molecular weight is 270 g/mol. The number of nitrogens with two attached hydrogens (primary N) is 2. The molecule has 0 spiro atoms. The first-order chi connectivity index (χ1) is 8.88. The van der Waals surface area contributed by atoms with Gasteiger partial charge in [-0.3, -0.25) is 0 Å². The minimum Gasteiger partial charge on any atom is -0.402 e. The number of hydrogen-bond donors (Lipinski definition) is 2. The molecule has 4 N–H and O–H groups in total. The maximum Gasteiger partial charge on any atom is 0.399 e. The van der Waals surface area contributed by atoms with Crippen molar-refractivity contribution >= 4 is 0 Å². The van der Waals surface area contributed by atoms with E-state index in [1.54, 1.807) is 12.2 Å². The second-order valence-electron chi connectivity index (χ2n) is 4.94. The van der Waals surface area contributed by atoms with Crippen molar-refractivity contribution in [1.82, 2.24) is 0 Å². The molecule has 2 rings (SSSR count). The molecule has 2 aliphatic carbocycles. The molecule has 0 fully saturated rings. The van der Waals surface area contributed by atoms with Crippen molar-refractivity contribution < 1.29 is 13.2 Å². The minimum atomic E-state index is -4.27. The molecule has 0 saturated carbocycles. The van der Waals surface area contributed by atoms with Crippen molar-refractivity contribution in [3.8, 4) is 0 Å². The van der Waals surface area contributed by atoms with Gasteiger partial charge in [0.25, 0.3) is 0 Å². The van der Waals surface area contributed by atoms with Gasteiger partial charge < -0.3 is 11.5 Å². The molecule has 0 aliphatic heterocycles. The van der Waals surface area contributed by atoms with Crippen LogP contribution in [0.4, 0.5) is 13.2 Å². The van der Waals surface area contributed by atoms with Crippen LogP contribution in [0.1, 0.15) is 25.7 Å². The molecule has 2 nitrogen and oxygen atoms in total. The van der Waals surface area contributed by atoms with Crippen molar-refractivity contribution in [2.75, 3.05) is 0 Å². The Balaban J connectivity index is 2.33. The van der Waals surface area contributed by atoms with E-state index in [9.17, 15) is 13.2 Å². The Kier molecular flexibility index (Phi) is 3.73. The predicted octanol–water partition coefficient (Wildman–Crippen LogP) is 3.29. The van der Waals surface area contributed by atoms with Crippen LogP contribution in [-0.4, -0.2) is 6.18 Å². The van der Waals surface area contributed by atoms with Gasteiger partial charge >= 0.3 is 6.18 Å². The molecule has 19 heavy (non-hydrogen) atoms. The van der Waals surface area contributed by atoms with E-state index in [2.05, 4.69) is 0 Å². The van der Waals surface area contributed by atoms with E-state index in [1.807, 2.05) is 0 Å². The maximum atomic E-state index is 13.3. The van der Waals surface area contributed by atoms with Crippen LogP contribution in [0.5, 0.6) is 0 Å². The first-order valence-electron chi connectivity index (χ1n) is 6.25. The zero-order chi connectivity index (χ0) is 14.0. The normalized spacial score (nSPS) is 20.6. The van der Waals surface area contributed by atoms with Crippen LogP contribution in [0, 0.1) is 5.92 Å². The second-order valence-corrected chi connectivity index (χ2v) is 4.94. The summed E-state index contributed by atoms with van der Waals surface area (Å²) in [5.74, 6) is -1.50. The summed E-state index contributed by atoms with van der Waals surface area (Å²) in [6.45, 7) is 0. The quantitative estimate of drug-likeness (QED) is 0.809. The molecule has 104 valence electrons. The zero-order valence-corrected chi connectivity index (χ0v) is 10.5. The fourth-order valence-electron chi connectivity index (χ4n) is 2.48. The summed E-state index contributed by atoms with van der Waals surface area (Å²) in [4.78, 5) is 0. The predicted molar refractivity (Wildman–Crippen MR) is 68.7 cm³/mol. The first-order valence-corrected chi connectivity index (χ1v) is 6.25. The van der Waals surface area contributed by atoms with Crippen LogP contribution in [0.25, 0.3) is 0 Å². The molecule has 0 aromatic carbocycles. The fraction of sp³-hybridized carbons (Fsp3) is 0.429. The molecule has 2 aliphatic rings. The SMILES string of the molecule is NC1=CC=C(C(C2=CC=C(N)CC2)C(F)(F)F)CC1. The molecule has 0 saturated heterocycles. The Hall–Kier alpha value is -1.65. The molecule has 0 amide bonds. The summed E-state index contributed by atoms with van der Waals surface area (Å²) >= 11 is 0. The molecule has 0 radical (unpaired) electrons. The smallest absolute Gasteiger partial charge is 0.399 e. The van der Waals surface area contributed by atoms with Gasteiger partial charge in [0.15, 0.2) is 0 Å². The van der Waals surface area contributed by atoms with Gasteiger partial charge in [-0.05, 0) is 37.8 Å². The summed E-state index contributed by atoms with van der Waals surface area (Å²) < 4.78 is 39.9. The Morgan fingerprint density at radius 2 is 1.21 bits per heavy atom. The van der Waals surface area contributed by atoms with E-state index < -0.39 is 12.1 Å². The Labute approximate surface area is 110 Å². The molecule has 0 aromatic rings. The van der Waals surface area contributed by atoms with Gasteiger partial charge in [0.2, 0.25) is 0 Å². The summed E-state index contributed by atoms with van der Waals surface area (Å²) in [5, 5.41) is 0. The summed E-state index contributed by atoms with van der Waals surface area (Å²) in [7, 11) is 0. The highest BCUT2D eigenvalue weighted by atomic mass is 19.4. The molecule has 0 unspecified atom stereocenters. The van der Waals surface area contributed by atoms with E-state index >= 15 is 0 Å². The number of allylic oxidation sites excluding steroid dienone is 8. The average Bonchev–Trinajstić information content (AvgIpc) is 2.33. The molecule has 5 heteroatoms. The fourth-order valence-corrected chi connectivity index (χ4v) is 2.48. The van der Waals surface area contributed by atoms with Crippen LogP contribution >= 0.6 is 0 Å². The van der Waals surface area contributed by atoms with Crippen LogP contribution in [0.2, 0.25) is 0 Å². The zero-order valence-electron chi connectivity index (χ0n) is 10.5. The van der Waals surface area contributed by atoms with Crippen LogP contribution in [0.15, 0.2) is 46.8 Å². The van der Waals surface area contributed by atoms with Gasteiger partial charge in [0.05, 0.1) is 5.92 Å². The lowest BCUT2D eigenvalue weighted by molar-refractivity contribution is -0.155. The maximum absolute atomic E-state index is 13.3. The van der Waals surface area contributed by atoms with E-state index in [4.69, 9.17) is 11.5 Å². The summed E-state index contributed by atoms with van der Waals surface area (Å²) in [5.41, 5.74) is 13.2. The second kappa shape index (κ2) is 5.15. The molecule has 0 atom stereocenters. The minimum absolute atomic E-state index is 0.364. The van der Waals surface area contributed by atoms with Gasteiger partial charge in [-0.15, -0.1) is 0 Å². The van der Waals surface area contributed by atoms with Crippen molar-refractivity contribution in [3.05, 3.63) is 46.8 Å². The Morgan fingerprint density at radius 1 is 0.789 bits per heavy atom. The van der Waals surface area contributed by atoms with E-state index in [0.717, 1.165) is 0 Å². The molecule has 0 bridgehead atoms. The highest BCUT2D eigenvalue weighted by Crippen LogP contribution is 2.42. The number of rotatable bonds is 2. The van der Waals surface area contributed by atoms with Crippen LogP contribution in [0.3, 0.4) is 0 Å². The van der Waals surface area contributed by atoms with Crippen LogP contribution in [-0.2, 0) is 0 Å². The number of hydrogen-bond acceptors (Lipinski definition) is 2. The molecule has 0 heterocycles. The van der Waals surface area contributed by atoms with Crippen molar-refractivity contribution in [3.63, 3.8) is 0 Å². The number of alkyl halides is 3. The molecular weight excluding hydrogens is 253 g/mol. The summed E-state index contributed by atoms with van der Waals surface area (Å²) in [6.07, 6.45) is 3.62. The van der Waals surface area contributed by atoms with Crippen LogP contribution < -0.4 is 11.5 Å². The lowest BCUT2D eigenvalue weighted by Gasteiger charge is -2.28. The highest BCUT2D eigenvalue weighted by Gasteiger charge is 2.44. The lowest BCUT2D eigenvalue weighted by atomic mass is 9.81. The standard InChI is InChI=1S/C14H17F3N2/c15-14(16,17)13(9-1-5-11(18)6-2-9)10-3-7-12(19)8-4-10/h1,3,5,7,13H,2,4,6,8,18-19H2.